The van der Waals surface area contributed by atoms with Crippen molar-refractivity contribution in [1.29, 1.82) is 0 Å². The minimum Gasteiger partial charge on any atom is -0.377 e. The van der Waals surface area contributed by atoms with Crippen molar-refractivity contribution in [2.45, 2.75) is 0 Å². The minimum atomic E-state index is 0.0184. The van der Waals surface area contributed by atoms with Crippen LogP contribution >= 0.6 is 0 Å². The van der Waals surface area contributed by atoms with Crippen LogP contribution in [0.3, 0.4) is 0 Å². The number of rotatable bonds is 4. The van der Waals surface area contributed by atoms with Gasteiger partial charge in [0.2, 0.25) is 5.91 Å². The lowest BCUT2D eigenvalue weighted by Gasteiger charge is -2.31. The van der Waals surface area contributed by atoms with Gasteiger partial charge in [0.05, 0.1) is 13.1 Å². The molecule has 80 valence electrons. The monoisotopic (exact) mass is 200 g/mol. The number of ether oxygens (including phenoxy) is 1. The number of amides is 1. The maximum absolute atomic E-state index is 11.3. The molecule has 1 aliphatic rings. The van der Waals surface area contributed by atoms with E-state index in [9.17, 15) is 9.59 Å². The molecule has 1 rings (SSSR count). The minimum absolute atomic E-state index is 0.0184. The second-order valence-electron chi connectivity index (χ2n) is 3.50. The number of hydrogen-bond donors (Lipinski definition) is 0. The summed E-state index contributed by atoms with van der Waals surface area (Å²) >= 11 is 0. The molecule has 0 N–H and O–H groups in total. The van der Waals surface area contributed by atoms with Gasteiger partial charge >= 0.3 is 0 Å². The summed E-state index contributed by atoms with van der Waals surface area (Å²) in [5, 5.41) is 0. The zero-order chi connectivity index (χ0) is 10.6. The number of carbonyl (C=O) groups is 2. The number of likely N-dealkylation sites (N-methyl/N-ethyl adjacent to an activating group) is 1. The van der Waals surface area contributed by atoms with Crippen LogP contribution < -0.4 is 0 Å². The number of Topliss-reactive ketones (excluding diaryl/α,β-unsaturated/α-hetero) is 1. The van der Waals surface area contributed by atoms with Crippen LogP contribution in [0.15, 0.2) is 0 Å². The first-order valence-corrected chi connectivity index (χ1v) is 4.60. The predicted octanol–water partition coefficient (Wildman–Crippen LogP) is -1.02. The van der Waals surface area contributed by atoms with Gasteiger partial charge in [0.25, 0.3) is 0 Å². The smallest absolute Gasteiger partial charge is 0.236 e. The third-order valence-electron chi connectivity index (χ3n) is 2.24. The van der Waals surface area contributed by atoms with Crippen LogP contribution in [0.2, 0.25) is 0 Å². The largest absolute Gasteiger partial charge is 0.377 e. The summed E-state index contributed by atoms with van der Waals surface area (Å²) in [7, 11) is 3.27. The fourth-order valence-corrected chi connectivity index (χ4v) is 1.40. The maximum Gasteiger partial charge on any atom is 0.236 e. The molecule has 5 heteroatoms. The standard InChI is InChI=1S/C9H16N2O3/c1-10-3-4-11(6-9(10)13)5-8(12)7-14-2/h3-7H2,1-2H3. The molecule has 0 saturated carbocycles. The zero-order valence-corrected chi connectivity index (χ0v) is 8.65. The van der Waals surface area contributed by atoms with Gasteiger partial charge < -0.3 is 9.64 Å². The molecule has 0 aromatic carbocycles. The van der Waals surface area contributed by atoms with Crippen LogP contribution in [0.5, 0.6) is 0 Å². The van der Waals surface area contributed by atoms with Crippen molar-refractivity contribution in [2.75, 3.05) is 46.9 Å². The van der Waals surface area contributed by atoms with Crippen LogP contribution in [-0.2, 0) is 14.3 Å². The van der Waals surface area contributed by atoms with Gasteiger partial charge in [-0.25, -0.2) is 0 Å². The predicted molar refractivity (Wildman–Crippen MR) is 51.0 cm³/mol. The molecule has 1 saturated heterocycles. The van der Waals surface area contributed by atoms with E-state index in [-0.39, 0.29) is 18.3 Å². The lowest BCUT2D eigenvalue weighted by atomic mass is 10.3. The van der Waals surface area contributed by atoms with Crippen molar-refractivity contribution in [2.24, 2.45) is 0 Å². The molecule has 0 aromatic rings. The number of ketones is 1. The number of hydrogen-bond acceptors (Lipinski definition) is 4. The quantitative estimate of drug-likeness (QED) is 0.582. The van der Waals surface area contributed by atoms with Crippen molar-refractivity contribution in [3.05, 3.63) is 0 Å². The third kappa shape index (κ3) is 3.08. The van der Waals surface area contributed by atoms with Crippen molar-refractivity contribution in [3.63, 3.8) is 0 Å². The van der Waals surface area contributed by atoms with Crippen LogP contribution in [0.25, 0.3) is 0 Å². The molecule has 1 fully saturated rings. The molecule has 1 aliphatic heterocycles. The Morgan fingerprint density at radius 2 is 2.21 bits per heavy atom. The number of piperazine rings is 1. The van der Waals surface area contributed by atoms with E-state index in [1.165, 1.54) is 7.11 Å². The van der Waals surface area contributed by atoms with Crippen molar-refractivity contribution >= 4 is 11.7 Å². The molecular weight excluding hydrogens is 184 g/mol. The Morgan fingerprint density at radius 1 is 1.50 bits per heavy atom. The normalized spacial score (nSPS) is 18.7. The van der Waals surface area contributed by atoms with E-state index >= 15 is 0 Å². The van der Waals surface area contributed by atoms with E-state index < -0.39 is 0 Å². The molecule has 5 nitrogen and oxygen atoms in total. The van der Waals surface area contributed by atoms with Crippen molar-refractivity contribution in [3.8, 4) is 0 Å². The van der Waals surface area contributed by atoms with Crippen LogP contribution in [-0.4, -0.2) is 68.4 Å². The van der Waals surface area contributed by atoms with Crippen molar-refractivity contribution in [1.82, 2.24) is 9.80 Å². The van der Waals surface area contributed by atoms with Gasteiger partial charge in [-0.15, -0.1) is 0 Å². The molecule has 0 unspecified atom stereocenters. The SMILES string of the molecule is COCC(=O)CN1CCN(C)C(=O)C1. The molecule has 14 heavy (non-hydrogen) atoms. The first kappa shape index (κ1) is 11.1. The molecular formula is C9H16N2O3. The summed E-state index contributed by atoms with van der Waals surface area (Å²) in [4.78, 5) is 26.0. The Bertz CT molecular complexity index is 230. The zero-order valence-electron chi connectivity index (χ0n) is 8.65. The molecule has 0 radical (unpaired) electrons. The van der Waals surface area contributed by atoms with Crippen LogP contribution in [0.1, 0.15) is 0 Å². The van der Waals surface area contributed by atoms with E-state index in [0.717, 1.165) is 6.54 Å². The fraction of sp³-hybridized carbons (Fsp3) is 0.778. The van der Waals surface area contributed by atoms with E-state index in [2.05, 4.69) is 0 Å². The highest BCUT2D eigenvalue weighted by Crippen LogP contribution is 2.00. The van der Waals surface area contributed by atoms with Gasteiger partial charge in [0.1, 0.15) is 6.61 Å². The van der Waals surface area contributed by atoms with Gasteiger partial charge in [0, 0.05) is 27.2 Å². The summed E-state index contributed by atoms with van der Waals surface area (Å²) in [6.07, 6.45) is 0. The Balaban J connectivity index is 2.33. The molecule has 0 aliphatic carbocycles. The van der Waals surface area contributed by atoms with Gasteiger partial charge in [-0.05, 0) is 0 Å². The van der Waals surface area contributed by atoms with E-state index in [1.54, 1.807) is 11.9 Å². The Hall–Kier alpha value is -0.940. The average Bonchev–Trinajstić information content (AvgIpc) is 2.12. The van der Waals surface area contributed by atoms with E-state index in [1.807, 2.05) is 4.90 Å². The summed E-state index contributed by atoms with van der Waals surface area (Å²) in [6, 6.07) is 0. The summed E-state index contributed by atoms with van der Waals surface area (Å²) in [6.45, 7) is 2.23. The lowest BCUT2D eigenvalue weighted by molar-refractivity contribution is -0.135. The Morgan fingerprint density at radius 3 is 2.79 bits per heavy atom. The van der Waals surface area contributed by atoms with Gasteiger partial charge in [-0.3, -0.25) is 14.5 Å². The number of carbonyl (C=O) groups excluding carboxylic acids is 2. The summed E-state index contributed by atoms with van der Waals surface area (Å²) in [5.41, 5.74) is 0. The highest BCUT2D eigenvalue weighted by Gasteiger charge is 2.22. The van der Waals surface area contributed by atoms with Crippen molar-refractivity contribution < 1.29 is 14.3 Å². The molecule has 1 amide bonds. The highest BCUT2D eigenvalue weighted by molar-refractivity contribution is 5.83. The maximum atomic E-state index is 11.3. The first-order valence-electron chi connectivity index (χ1n) is 4.60. The molecule has 0 atom stereocenters. The van der Waals surface area contributed by atoms with Crippen LogP contribution in [0, 0.1) is 0 Å². The van der Waals surface area contributed by atoms with Crippen LogP contribution in [0.4, 0.5) is 0 Å². The molecule has 1 heterocycles. The van der Waals surface area contributed by atoms with Gasteiger partial charge in [-0.2, -0.15) is 0 Å². The molecule has 0 aromatic heterocycles. The topological polar surface area (TPSA) is 49.9 Å². The van der Waals surface area contributed by atoms with Gasteiger partial charge in [-0.1, -0.05) is 0 Å². The third-order valence-corrected chi connectivity index (χ3v) is 2.24. The van der Waals surface area contributed by atoms with E-state index in [4.69, 9.17) is 4.74 Å². The summed E-state index contributed by atoms with van der Waals surface area (Å²) in [5.74, 6) is 0.0892. The second kappa shape index (κ2) is 5.07. The molecule has 0 bridgehead atoms. The molecule has 0 spiro atoms. The average molecular weight is 200 g/mol. The highest BCUT2D eigenvalue weighted by atomic mass is 16.5. The number of nitrogens with zero attached hydrogens (tertiary/aromatic N) is 2. The van der Waals surface area contributed by atoms with E-state index in [0.29, 0.717) is 19.6 Å². The number of methoxy groups -OCH3 is 1. The Labute approximate surface area is 83.6 Å². The van der Waals surface area contributed by atoms with Gasteiger partial charge in [0.15, 0.2) is 5.78 Å². The summed E-state index contributed by atoms with van der Waals surface area (Å²) < 4.78 is 4.72. The first-order chi connectivity index (χ1) is 6.63. The fourth-order valence-electron chi connectivity index (χ4n) is 1.40. The second-order valence-corrected chi connectivity index (χ2v) is 3.50. The Kier molecular flexibility index (Phi) is 4.03. The lowest BCUT2D eigenvalue weighted by Crippen LogP contribution is -2.50.